The van der Waals surface area contributed by atoms with E-state index in [9.17, 15) is 9.90 Å². The summed E-state index contributed by atoms with van der Waals surface area (Å²) in [6, 6.07) is 6.62. The van der Waals surface area contributed by atoms with E-state index in [-0.39, 0.29) is 18.6 Å². The topological polar surface area (TPSA) is 43.8 Å². The summed E-state index contributed by atoms with van der Waals surface area (Å²) < 4.78 is 0. The molecule has 1 aromatic rings. The Balaban J connectivity index is 1.86. The minimum atomic E-state index is 0.181. The van der Waals surface area contributed by atoms with Crippen LogP contribution in [0.15, 0.2) is 18.2 Å². The number of nitrogens with zero attached hydrogens (tertiary/aromatic N) is 2. The molecule has 2 rings (SSSR count). The molecule has 0 aliphatic carbocycles. The lowest BCUT2D eigenvalue weighted by Gasteiger charge is -2.26. The van der Waals surface area contributed by atoms with Gasteiger partial charge in [-0.1, -0.05) is 23.8 Å². The van der Waals surface area contributed by atoms with E-state index in [0.717, 1.165) is 39.0 Å². The highest BCUT2D eigenvalue weighted by Gasteiger charge is 2.21. The van der Waals surface area contributed by atoms with Gasteiger partial charge in [0, 0.05) is 38.6 Å². The van der Waals surface area contributed by atoms with E-state index >= 15 is 0 Å². The number of aliphatic hydroxyl groups excluding tert-OH is 1. The van der Waals surface area contributed by atoms with Crippen LogP contribution in [0.3, 0.4) is 0 Å². The lowest BCUT2D eigenvalue weighted by atomic mass is 10.0. The first-order chi connectivity index (χ1) is 11.0. The summed E-state index contributed by atoms with van der Waals surface area (Å²) in [5.41, 5.74) is 3.81. The molecular formula is C19H30N2O2. The number of carbonyl (C=O) groups excluding carboxylic acids is 1. The van der Waals surface area contributed by atoms with E-state index in [2.05, 4.69) is 36.9 Å². The number of carbonyl (C=O) groups is 1. The molecular weight excluding hydrogens is 288 g/mol. The first-order valence-electron chi connectivity index (χ1n) is 8.70. The molecule has 1 aliphatic heterocycles. The molecule has 4 nitrogen and oxygen atoms in total. The minimum Gasteiger partial charge on any atom is -0.395 e. The van der Waals surface area contributed by atoms with Gasteiger partial charge in [-0.05, 0) is 44.7 Å². The van der Waals surface area contributed by atoms with Crippen molar-refractivity contribution in [3.8, 4) is 0 Å². The van der Waals surface area contributed by atoms with Crippen molar-refractivity contribution in [2.24, 2.45) is 0 Å². The predicted molar refractivity (Wildman–Crippen MR) is 93.6 cm³/mol. The van der Waals surface area contributed by atoms with Gasteiger partial charge in [-0.2, -0.15) is 0 Å². The van der Waals surface area contributed by atoms with Gasteiger partial charge in [0.05, 0.1) is 6.61 Å². The van der Waals surface area contributed by atoms with Crippen molar-refractivity contribution in [2.45, 2.75) is 46.1 Å². The van der Waals surface area contributed by atoms with Gasteiger partial charge in [0.1, 0.15) is 0 Å². The number of amides is 1. The number of hydrogen-bond donors (Lipinski definition) is 1. The Hall–Kier alpha value is -1.39. The second-order valence-corrected chi connectivity index (χ2v) is 6.73. The summed E-state index contributed by atoms with van der Waals surface area (Å²) in [5.74, 6) is 0.253. The van der Waals surface area contributed by atoms with Gasteiger partial charge in [-0.15, -0.1) is 0 Å². The van der Waals surface area contributed by atoms with Gasteiger partial charge in [0.15, 0.2) is 0 Å². The van der Waals surface area contributed by atoms with Crippen LogP contribution in [0.1, 0.15) is 36.5 Å². The SMILES string of the molecule is Cc1ccc(CCC(=O)N2CCCN(C(C)CO)CC2)c(C)c1. The molecule has 1 amide bonds. The van der Waals surface area contributed by atoms with Crippen LogP contribution in [0.25, 0.3) is 0 Å². The number of aliphatic hydroxyl groups is 1. The number of benzene rings is 1. The molecule has 1 N–H and O–H groups in total. The molecule has 23 heavy (non-hydrogen) atoms. The van der Waals surface area contributed by atoms with E-state index in [1.54, 1.807) is 0 Å². The summed E-state index contributed by atoms with van der Waals surface area (Å²) in [5, 5.41) is 9.29. The zero-order valence-electron chi connectivity index (χ0n) is 14.7. The first-order valence-corrected chi connectivity index (χ1v) is 8.70. The molecule has 1 unspecified atom stereocenters. The van der Waals surface area contributed by atoms with Crippen LogP contribution < -0.4 is 0 Å². The Morgan fingerprint density at radius 1 is 1.22 bits per heavy atom. The fourth-order valence-electron chi connectivity index (χ4n) is 3.27. The number of aryl methyl sites for hydroxylation is 3. The summed E-state index contributed by atoms with van der Waals surface area (Å²) in [6.45, 7) is 9.86. The van der Waals surface area contributed by atoms with Crippen molar-refractivity contribution >= 4 is 5.91 Å². The first kappa shape index (κ1) is 18.0. The lowest BCUT2D eigenvalue weighted by molar-refractivity contribution is -0.131. The summed E-state index contributed by atoms with van der Waals surface area (Å²) in [4.78, 5) is 16.8. The van der Waals surface area contributed by atoms with Crippen LogP contribution in [0, 0.1) is 13.8 Å². The molecule has 0 aromatic heterocycles. The predicted octanol–water partition coefficient (Wildman–Crippen LogP) is 2.15. The molecule has 0 bridgehead atoms. The molecule has 1 aliphatic rings. The standard InChI is InChI=1S/C19H30N2O2/c1-15-5-6-18(16(2)13-15)7-8-19(23)21-10-4-9-20(11-12-21)17(3)14-22/h5-6,13,17,22H,4,7-12,14H2,1-3H3. The third kappa shape index (κ3) is 5.05. The maximum atomic E-state index is 12.5. The lowest BCUT2D eigenvalue weighted by Crippen LogP contribution is -2.39. The van der Waals surface area contributed by atoms with Gasteiger partial charge in [0.2, 0.25) is 5.91 Å². The van der Waals surface area contributed by atoms with Gasteiger partial charge in [-0.25, -0.2) is 0 Å². The largest absolute Gasteiger partial charge is 0.395 e. The van der Waals surface area contributed by atoms with Crippen LogP contribution in [-0.2, 0) is 11.2 Å². The highest BCUT2D eigenvalue weighted by atomic mass is 16.3. The van der Waals surface area contributed by atoms with Crippen molar-refractivity contribution in [1.29, 1.82) is 0 Å². The monoisotopic (exact) mass is 318 g/mol. The molecule has 1 aromatic carbocycles. The Labute approximate surface area is 140 Å². The van der Waals surface area contributed by atoms with Gasteiger partial charge in [0.25, 0.3) is 0 Å². The fraction of sp³-hybridized carbons (Fsp3) is 0.632. The normalized spacial score (nSPS) is 17.8. The molecule has 0 radical (unpaired) electrons. The fourth-order valence-corrected chi connectivity index (χ4v) is 3.27. The molecule has 4 heteroatoms. The van der Waals surface area contributed by atoms with Crippen molar-refractivity contribution < 1.29 is 9.90 Å². The third-order valence-electron chi connectivity index (χ3n) is 4.88. The molecule has 0 spiro atoms. The zero-order valence-corrected chi connectivity index (χ0v) is 14.7. The average Bonchev–Trinajstić information content (AvgIpc) is 2.79. The van der Waals surface area contributed by atoms with Crippen molar-refractivity contribution in [2.75, 3.05) is 32.8 Å². The maximum absolute atomic E-state index is 12.5. The van der Waals surface area contributed by atoms with Crippen molar-refractivity contribution in [3.05, 3.63) is 34.9 Å². The average molecular weight is 318 g/mol. The summed E-state index contributed by atoms with van der Waals surface area (Å²) in [7, 11) is 0. The Bertz CT molecular complexity index is 530. The number of rotatable bonds is 5. The summed E-state index contributed by atoms with van der Waals surface area (Å²) in [6.07, 6.45) is 2.39. The van der Waals surface area contributed by atoms with E-state index < -0.39 is 0 Å². The molecule has 1 heterocycles. The van der Waals surface area contributed by atoms with Crippen LogP contribution >= 0.6 is 0 Å². The highest BCUT2D eigenvalue weighted by Crippen LogP contribution is 2.14. The van der Waals surface area contributed by atoms with E-state index in [0.29, 0.717) is 6.42 Å². The Morgan fingerprint density at radius 3 is 2.70 bits per heavy atom. The van der Waals surface area contributed by atoms with Crippen LogP contribution in [0.5, 0.6) is 0 Å². The van der Waals surface area contributed by atoms with Gasteiger partial charge >= 0.3 is 0 Å². The van der Waals surface area contributed by atoms with Crippen molar-refractivity contribution in [1.82, 2.24) is 9.80 Å². The van der Waals surface area contributed by atoms with Crippen LogP contribution in [0.4, 0.5) is 0 Å². The van der Waals surface area contributed by atoms with E-state index in [1.165, 1.54) is 16.7 Å². The van der Waals surface area contributed by atoms with Gasteiger partial charge in [-0.3, -0.25) is 9.69 Å². The maximum Gasteiger partial charge on any atom is 0.222 e. The smallest absolute Gasteiger partial charge is 0.222 e. The van der Waals surface area contributed by atoms with Crippen LogP contribution in [0.2, 0.25) is 0 Å². The number of hydrogen-bond acceptors (Lipinski definition) is 3. The minimum absolute atomic E-state index is 0.181. The zero-order chi connectivity index (χ0) is 16.8. The second kappa shape index (κ2) is 8.46. The van der Waals surface area contributed by atoms with Crippen molar-refractivity contribution in [3.63, 3.8) is 0 Å². The van der Waals surface area contributed by atoms with Crippen LogP contribution in [-0.4, -0.2) is 59.6 Å². The Morgan fingerprint density at radius 2 is 2.00 bits per heavy atom. The Kier molecular flexibility index (Phi) is 6.60. The molecule has 0 saturated carbocycles. The third-order valence-corrected chi connectivity index (χ3v) is 4.88. The molecule has 1 saturated heterocycles. The molecule has 128 valence electrons. The molecule has 1 atom stereocenters. The quantitative estimate of drug-likeness (QED) is 0.905. The van der Waals surface area contributed by atoms with E-state index in [1.807, 2.05) is 11.8 Å². The second-order valence-electron chi connectivity index (χ2n) is 6.73. The van der Waals surface area contributed by atoms with Gasteiger partial charge < -0.3 is 10.0 Å². The highest BCUT2D eigenvalue weighted by molar-refractivity contribution is 5.76. The summed E-state index contributed by atoms with van der Waals surface area (Å²) >= 11 is 0. The van der Waals surface area contributed by atoms with E-state index in [4.69, 9.17) is 0 Å². The molecule has 1 fully saturated rings.